The number of anilines is 1. The van der Waals surface area contributed by atoms with Crippen molar-refractivity contribution in [1.82, 2.24) is 15.1 Å². The highest BCUT2D eigenvalue weighted by Crippen LogP contribution is 2.47. The minimum Gasteiger partial charge on any atom is -0.343 e. The molecule has 8 nitrogen and oxygen atoms in total. The molecule has 0 aliphatic carbocycles. The number of para-hydroxylation sites is 1. The Morgan fingerprint density at radius 1 is 1.03 bits per heavy atom. The first-order valence-electron chi connectivity index (χ1n) is 11.9. The van der Waals surface area contributed by atoms with E-state index in [0.29, 0.717) is 38.9 Å². The minimum absolute atomic E-state index is 0.0953. The predicted octanol–water partition coefficient (Wildman–Crippen LogP) is 1.62. The smallest absolute Gasteiger partial charge is 0.245 e. The number of hydrogen-bond acceptors (Lipinski definition) is 5. The SMILES string of the molecule is CN(C)CC(=O)N[C@H](Cc1ccccc1)C(=O)N1CCC2(CC1)CN(S(C)(=O)=O)c1ccccc12. The summed E-state index contributed by atoms with van der Waals surface area (Å²) in [6.07, 6.45) is 3.01. The Bertz CT molecular complexity index is 1170. The van der Waals surface area contributed by atoms with Crippen molar-refractivity contribution in [2.24, 2.45) is 0 Å². The third kappa shape index (κ3) is 5.51. The number of nitrogens with one attached hydrogen (secondary N) is 1. The zero-order valence-corrected chi connectivity index (χ0v) is 21.4. The van der Waals surface area contributed by atoms with Crippen LogP contribution in [0.3, 0.4) is 0 Å². The van der Waals surface area contributed by atoms with Gasteiger partial charge in [-0.25, -0.2) is 8.42 Å². The quantitative estimate of drug-likeness (QED) is 0.627. The minimum atomic E-state index is -3.39. The van der Waals surface area contributed by atoms with E-state index in [1.807, 2.05) is 73.6 Å². The van der Waals surface area contributed by atoms with Crippen LogP contribution in [0, 0.1) is 0 Å². The van der Waals surface area contributed by atoms with Gasteiger partial charge in [0.15, 0.2) is 0 Å². The third-order valence-electron chi connectivity index (χ3n) is 7.00. The molecule has 188 valence electrons. The molecular weight excluding hydrogens is 464 g/mol. The van der Waals surface area contributed by atoms with Crippen LogP contribution in [0.2, 0.25) is 0 Å². The molecule has 2 aromatic carbocycles. The van der Waals surface area contributed by atoms with Gasteiger partial charge in [-0.15, -0.1) is 0 Å². The van der Waals surface area contributed by atoms with Gasteiger partial charge in [0, 0.05) is 31.5 Å². The number of nitrogens with zero attached hydrogens (tertiary/aromatic N) is 3. The first kappa shape index (κ1) is 25.2. The lowest BCUT2D eigenvalue weighted by Crippen LogP contribution is -2.55. The lowest BCUT2D eigenvalue weighted by molar-refractivity contribution is -0.138. The maximum atomic E-state index is 13.6. The van der Waals surface area contributed by atoms with Gasteiger partial charge < -0.3 is 15.1 Å². The van der Waals surface area contributed by atoms with E-state index in [-0.39, 0.29) is 23.8 Å². The van der Waals surface area contributed by atoms with E-state index < -0.39 is 16.1 Å². The van der Waals surface area contributed by atoms with Crippen LogP contribution in [0.5, 0.6) is 0 Å². The van der Waals surface area contributed by atoms with Crippen molar-refractivity contribution in [2.45, 2.75) is 30.7 Å². The molecule has 0 aromatic heterocycles. The van der Waals surface area contributed by atoms with Gasteiger partial charge in [0.2, 0.25) is 21.8 Å². The van der Waals surface area contributed by atoms with Crippen molar-refractivity contribution in [3.63, 3.8) is 0 Å². The average molecular weight is 499 g/mol. The maximum absolute atomic E-state index is 13.6. The summed E-state index contributed by atoms with van der Waals surface area (Å²) in [5.74, 6) is -0.284. The van der Waals surface area contributed by atoms with Crippen LogP contribution in [0.4, 0.5) is 5.69 Å². The number of piperidine rings is 1. The van der Waals surface area contributed by atoms with E-state index in [4.69, 9.17) is 0 Å². The molecule has 1 spiro atoms. The monoisotopic (exact) mass is 498 g/mol. The summed E-state index contributed by atoms with van der Waals surface area (Å²) in [7, 11) is 0.241. The number of rotatable bonds is 7. The summed E-state index contributed by atoms with van der Waals surface area (Å²) in [4.78, 5) is 29.7. The Balaban J connectivity index is 1.50. The summed E-state index contributed by atoms with van der Waals surface area (Å²) in [5.41, 5.74) is 2.46. The van der Waals surface area contributed by atoms with Gasteiger partial charge in [0.1, 0.15) is 6.04 Å². The molecule has 1 atom stereocenters. The first-order valence-corrected chi connectivity index (χ1v) is 13.8. The molecule has 2 aliphatic heterocycles. The predicted molar refractivity (Wildman–Crippen MR) is 137 cm³/mol. The van der Waals surface area contributed by atoms with Gasteiger partial charge in [-0.2, -0.15) is 0 Å². The number of benzene rings is 2. The van der Waals surface area contributed by atoms with Crippen LogP contribution in [0.1, 0.15) is 24.0 Å². The highest BCUT2D eigenvalue weighted by Gasteiger charge is 2.47. The molecule has 4 rings (SSSR count). The van der Waals surface area contributed by atoms with Crippen molar-refractivity contribution in [3.8, 4) is 0 Å². The fraction of sp³-hybridized carbons (Fsp3) is 0.462. The van der Waals surface area contributed by atoms with Crippen molar-refractivity contribution < 1.29 is 18.0 Å². The number of fused-ring (bicyclic) bond motifs is 2. The number of carbonyl (C=O) groups excluding carboxylic acids is 2. The van der Waals surface area contributed by atoms with Crippen molar-refractivity contribution in [1.29, 1.82) is 0 Å². The van der Waals surface area contributed by atoms with Gasteiger partial charge in [-0.3, -0.25) is 13.9 Å². The lowest BCUT2D eigenvalue weighted by Gasteiger charge is -2.41. The van der Waals surface area contributed by atoms with Gasteiger partial charge >= 0.3 is 0 Å². The molecule has 35 heavy (non-hydrogen) atoms. The van der Waals surface area contributed by atoms with E-state index in [1.54, 1.807) is 4.90 Å². The van der Waals surface area contributed by atoms with Gasteiger partial charge in [-0.1, -0.05) is 48.5 Å². The first-order chi connectivity index (χ1) is 16.6. The molecule has 1 N–H and O–H groups in total. The van der Waals surface area contributed by atoms with Crippen molar-refractivity contribution in [2.75, 3.05) is 50.8 Å². The van der Waals surface area contributed by atoms with E-state index >= 15 is 0 Å². The summed E-state index contributed by atoms with van der Waals surface area (Å²) in [5, 5.41) is 2.94. The van der Waals surface area contributed by atoms with Gasteiger partial charge in [0.05, 0.1) is 18.5 Å². The van der Waals surface area contributed by atoms with Crippen LogP contribution < -0.4 is 9.62 Å². The second kappa shape index (κ2) is 9.99. The second-order valence-electron chi connectivity index (χ2n) is 9.94. The Kier molecular flexibility index (Phi) is 7.19. The Hall–Kier alpha value is -2.91. The molecule has 9 heteroatoms. The number of amides is 2. The number of hydrogen-bond donors (Lipinski definition) is 1. The normalized spacial score (nSPS) is 17.9. The molecule has 0 bridgehead atoms. The number of sulfonamides is 1. The molecule has 1 saturated heterocycles. The summed E-state index contributed by atoms with van der Waals surface area (Å²) >= 11 is 0. The van der Waals surface area contributed by atoms with E-state index in [0.717, 1.165) is 16.8 Å². The fourth-order valence-electron chi connectivity index (χ4n) is 5.26. The topological polar surface area (TPSA) is 90.0 Å². The number of carbonyl (C=O) groups is 2. The molecule has 1 fully saturated rings. The molecule has 0 saturated carbocycles. The summed E-state index contributed by atoms with van der Waals surface area (Å²) in [6, 6.07) is 16.7. The highest BCUT2D eigenvalue weighted by molar-refractivity contribution is 7.92. The van der Waals surface area contributed by atoms with Crippen LogP contribution in [0.15, 0.2) is 54.6 Å². The van der Waals surface area contributed by atoms with Crippen LogP contribution in [-0.2, 0) is 31.4 Å². The van der Waals surface area contributed by atoms with Crippen LogP contribution in [-0.4, -0.2) is 82.6 Å². The van der Waals surface area contributed by atoms with Crippen molar-refractivity contribution in [3.05, 3.63) is 65.7 Å². The van der Waals surface area contributed by atoms with E-state index in [2.05, 4.69) is 5.32 Å². The molecule has 2 aromatic rings. The zero-order chi connectivity index (χ0) is 25.2. The fourth-order valence-corrected chi connectivity index (χ4v) is 6.26. The van der Waals surface area contributed by atoms with Crippen LogP contribution >= 0.6 is 0 Å². The standard InChI is InChI=1S/C26H34N4O4S/c1-28(2)18-24(31)27-22(17-20-9-5-4-6-10-20)25(32)29-15-13-26(14-16-29)19-30(35(3,33)34)23-12-8-7-11-21(23)26/h4-12,22H,13-19H2,1-3H3,(H,27,31)/t22-/m1/s1. The average Bonchev–Trinajstić information content (AvgIpc) is 3.13. The van der Waals surface area contributed by atoms with Gasteiger partial charge in [-0.05, 0) is 44.1 Å². The van der Waals surface area contributed by atoms with Crippen molar-refractivity contribution >= 4 is 27.5 Å². The molecule has 2 amide bonds. The molecule has 0 radical (unpaired) electrons. The zero-order valence-electron chi connectivity index (χ0n) is 20.6. The van der Waals surface area contributed by atoms with Crippen LogP contribution in [0.25, 0.3) is 0 Å². The molecular formula is C26H34N4O4S. The van der Waals surface area contributed by atoms with E-state index in [9.17, 15) is 18.0 Å². The summed E-state index contributed by atoms with van der Waals surface area (Å²) < 4.78 is 26.4. The largest absolute Gasteiger partial charge is 0.343 e. The summed E-state index contributed by atoms with van der Waals surface area (Å²) in [6.45, 7) is 1.64. The Morgan fingerprint density at radius 2 is 1.66 bits per heavy atom. The van der Waals surface area contributed by atoms with E-state index in [1.165, 1.54) is 10.6 Å². The second-order valence-corrected chi connectivity index (χ2v) is 11.8. The highest BCUT2D eigenvalue weighted by atomic mass is 32.2. The number of likely N-dealkylation sites (tertiary alicyclic amines) is 1. The molecule has 2 heterocycles. The lowest BCUT2D eigenvalue weighted by atomic mass is 9.74. The Morgan fingerprint density at radius 3 is 2.29 bits per heavy atom. The van der Waals surface area contributed by atoms with Gasteiger partial charge in [0.25, 0.3) is 0 Å². The molecule has 2 aliphatic rings. The Labute approximate surface area is 207 Å². The third-order valence-corrected chi connectivity index (χ3v) is 8.13. The maximum Gasteiger partial charge on any atom is 0.245 e. The molecule has 0 unspecified atom stereocenters. The number of likely N-dealkylation sites (N-methyl/N-ethyl adjacent to an activating group) is 1.